The van der Waals surface area contributed by atoms with Gasteiger partial charge in [-0.25, -0.2) is 0 Å². The molecule has 23 heavy (non-hydrogen) atoms. The number of hydrogen-bond acceptors (Lipinski definition) is 1. The number of nitrogens with zero attached hydrogens (tertiary/aromatic N) is 1. The molecule has 1 aliphatic carbocycles. The highest BCUT2D eigenvalue weighted by molar-refractivity contribution is 5.79. The Kier molecular flexibility index (Phi) is 5.22. The van der Waals surface area contributed by atoms with E-state index in [9.17, 15) is 13.2 Å². The molecule has 0 aliphatic heterocycles. The van der Waals surface area contributed by atoms with Gasteiger partial charge < -0.3 is 10.6 Å². The summed E-state index contributed by atoms with van der Waals surface area (Å²) in [5, 5.41) is 6.46. The third-order valence-electron chi connectivity index (χ3n) is 4.15. The smallest absolute Gasteiger partial charge is 0.356 e. The molecule has 1 aliphatic rings. The third kappa shape index (κ3) is 5.15. The SMILES string of the molecule is CN=C(NCC1CC1)NCC(C)(C)c1cccc(C(F)(F)F)c1. The highest BCUT2D eigenvalue weighted by atomic mass is 19.4. The molecule has 0 unspecified atom stereocenters. The van der Waals surface area contributed by atoms with Crippen molar-refractivity contribution in [2.45, 2.75) is 38.3 Å². The standard InChI is InChI=1S/C17H24F3N3/c1-16(2,11-23-15(21-3)22-10-12-7-8-12)13-5-4-6-14(9-13)17(18,19)20/h4-6,9,12H,7-8,10-11H2,1-3H3,(H2,21,22,23). The molecule has 0 radical (unpaired) electrons. The molecule has 1 fully saturated rings. The summed E-state index contributed by atoms with van der Waals surface area (Å²) in [6.45, 7) is 5.23. The summed E-state index contributed by atoms with van der Waals surface area (Å²) in [6.07, 6.45) is -1.82. The summed E-state index contributed by atoms with van der Waals surface area (Å²) in [5.74, 6) is 1.42. The minimum absolute atomic E-state index is 0.446. The molecule has 0 heterocycles. The average molecular weight is 327 g/mol. The lowest BCUT2D eigenvalue weighted by Crippen LogP contribution is -2.44. The Labute approximate surface area is 135 Å². The Bertz CT molecular complexity index is 560. The number of halogens is 3. The molecule has 1 aromatic carbocycles. The Hall–Kier alpha value is -1.72. The molecule has 1 aromatic rings. The van der Waals surface area contributed by atoms with E-state index in [1.807, 2.05) is 13.8 Å². The number of aliphatic imine (C=N–C) groups is 1. The molecule has 0 amide bonds. The van der Waals surface area contributed by atoms with E-state index in [1.165, 1.54) is 25.0 Å². The van der Waals surface area contributed by atoms with Crippen LogP contribution in [-0.2, 0) is 11.6 Å². The van der Waals surface area contributed by atoms with Crippen molar-refractivity contribution >= 4 is 5.96 Å². The molecule has 0 spiro atoms. The van der Waals surface area contributed by atoms with Crippen LogP contribution in [0.3, 0.4) is 0 Å². The molecule has 0 saturated heterocycles. The Balaban J connectivity index is 1.99. The Morgan fingerprint density at radius 1 is 1.17 bits per heavy atom. The van der Waals surface area contributed by atoms with Crippen molar-refractivity contribution in [3.05, 3.63) is 35.4 Å². The number of nitrogens with one attached hydrogen (secondary N) is 2. The Morgan fingerprint density at radius 2 is 1.83 bits per heavy atom. The maximum atomic E-state index is 12.9. The highest BCUT2D eigenvalue weighted by Gasteiger charge is 2.32. The predicted molar refractivity (Wildman–Crippen MR) is 86.6 cm³/mol. The molecule has 2 N–H and O–H groups in total. The van der Waals surface area contributed by atoms with E-state index in [-0.39, 0.29) is 0 Å². The average Bonchev–Trinajstić information content (AvgIpc) is 3.31. The van der Waals surface area contributed by atoms with Crippen molar-refractivity contribution in [3.63, 3.8) is 0 Å². The van der Waals surface area contributed by atoms with E-state index in [2.05, 4.69) is 15.6 Å². The maximum absolute atomic E-state index is 12.9. The van der Waals surface area contributed by atoms with Gasteiger partial charge in [-0.3, -0.25) is 4.99 Å². The molecule has 6 heteroatoms. The fraction of sp³-hybridized carbons (Fsp3) is 0.588. The van der Waals surface area contributed by atoms with Crippen LogP contribution in [0.5, 0.6) is 0 Å². The number of guanidine groups is 1. The van der Waals surface area contributed by atoms with Crippen LogP contribution in [0.25, 0.3) is 0 Å². The summed E-state index contributed by atoms with van der Waals surface area (Å²) in [7, 11) is 1.69. The van der Waals surface area contributed by atoms with E-state index in [0.29, 0.717) is 18.1 Å². The van der Waals surface area contributed by atoms with Crippen molar-refractivity contribution in [2.75, 3.05) is 20.1 Å². The monoisotopic (exact) mass is 327 g/mol. The van der Waals surface area contributed by atoms with Gasteiger partial charge in [-0.05, 0) is 30.4 Å². The van der Waals surface area contributed by atoms with Crippen LogP contribution >= 0.6 is 0 Å². The van der Waals surface area contributed by atoms with Gasteiger partial charge in [0.1, 0.15) is 0 Å². The fourth-order valence-electron chi connectivity index (χ4n) is 2.31. The zero-order valence-corrected chi connectivity index (χ0v) is 13.8. The minimum Gasteiger partial charge on any atom is -0.356 e. The largest absolute Gasteiger partial charge is 0.416 e. The number of alkyl halides is 3. The molecule has 1 saturated carbocycles. The topological polar surface area (TPSA) is 36.4 Å². The van der Waals surface area contributed by atoms with Crippen LogP contribution in [0.15, 0.2) is 29.3 Å². The zero-order chi connectivity index (χ0) is 17.1. The van der Waals surface area contributed by atoms with E-state index >= 15 is 0 Å². The van der Waals surface area contributed by atoms with Gasteiger partial charge in [0.25, 0.3) is 0 Å². The van der Waals surface area contributed by atoms with Crippen LogP contribution < -0.4 is 10.6 Å². The Morgan fingerprint density at radius 3 is 2.39 bits per heavy atom. The lowest BCUT2D eigenvalue weighted by atomic mass is 9.84. The summed E-state index contributed by atoms with van der Waals surface area (Å²) in [5.41, 5.74) is -0.407. The first kappa shape index (κ1) is 17.6. The van der Waals surface area contributed by atoms with Gasteiger partial charge in [-0.1, -0.05) is 32.0 Å². The summed E-state index contributed by atoms with van der Waals surface area (Å²) in [4.78, 5) is 4.16. The lowest BCUT2D eigenvalue weighted by molar-refractivity contribution is -0.137. The van der Waals surface area contributed by atoms with Gasteiger partial charge in [-0.2, -0.15) is 13.2 Å². The quantitative estimate of drug-likeness (QED) is 0.641. The maximum Gasteiger partial charge on any atom is 0.416 e. The van der Waals surface area contributed by atoms with E-state index in [0.717, 1.165) is 18.5 Å². The van der Waals surface area contributed by atoms with Gasteiger partial charge in [0.2, 0.25) is 0 Å². The molecule has 0 aromatic heterocycles. The third-order valence-corrected chi connectivity index (χ3v) is 4.15. The van der Waals surface area contributed by atoms with Gasteiger partial charge in [0.15, 0.2) is 5.96 Å². The van der Waals surface area contributed by atoms with Crippen molar-refractivity contribution in [3.8, 4) is 0 Å². The summed E-state index contributed by atoms with van der Waals surface area (Å²) >= 11 is 0. The highest BCUT2D eigenvalue weighted by Crippen LogP contribution is 2.32. The first-order valence-corrected chi connectivity index (χ1v) is 7.84. The van der Waals surface area contributed by atoms with Crippen molar-refractivity contribution < 1.29 is 13.2 Å². The van der Waals surface area contributed by atoms with Crippen LogP contribution in [0.4, 0.5) is 13.2 Å². The second kappa shape index (κ2) is 6.81. The number of rotatable bonds is 5. The first-order chi connectivity index (χ1) is 10.7. The van der Waals surface area contributed by atoms with E-state index in [4.69, 9.17) is 0 Å². The molecule has 0 atom stereocenters. The minimum atomic E-state index is -4.32. The van der Waals surface area contributed by atoms with Gasteiger partial charge in [0.05, 0.1) is 5.56 Å². The molecule has 0 bridgehead atoms. The van der Waals surface area contributed by atoms with Gasteiger partial charge in [-0.15, -0.1) is 0 Å². The first-order valence-electron chi connectivity index (χ1n) is 7.84. The second-order valence-corrected chi connectivity index (χ2v) is 6.71. The van der Waals surface area contributed by atoms with Gasteiger partial charge in [0, 0.05) is 25.6 Å². The van der Waals surface area contributed by atoms with Crippen LogP contribution in [0.2, 0.25) is 0 Å². The van der Waals surface area contributed by atoms with Crippen LogP contribution in [0, 0.1) is 5.92 Å². The molecule has 2 rings (SSSR count). The van der Waals surface area contributed by atoms with Crippen LogP contribution in [0.1, 0.15) is 37.8 Å². The number of benzene rings is 1. The van der Waals surface area contributed by atoms with Crippen molar-refractivity contribution in [1.82, 2.24) is 10.6 Å². The zero-order valence-electron chi connectivity index (χ0n) is 13.8. The molecular formula is C17H24F3N3. The van der Waals surface area contributed by atoms with Crippen molar-refractivity contribution in [1.29, 1.82) is 0 Å². The fourth-order valence-corrected chi connectivity index (χ4v) is 2.31. The number of hydrogen-bond donors (Lipinski definition) is 2. The predicted octanol–water partition coefficient (Wildman–Crippen LogP) is 3.56. The lowest BCUT2D eigenvalue weighted by Gasteiger charge is -2.27. The second-order valence-electron chi connectivity index (χ2n) is 6.71. The van der Waals surface area contributed by atoms with E-state index < -0.39 is 17.2 Å². The normalized spacial score (nSPS) is 16.3. The van der Waals surface area contributed by atoms with Crippen molar-refractivity contribution in [2.24, 2.45) is 10.9 Å². The molecule has 3 nitrogen and oxygen atoms in total. The summed E-state index contributed by atoms with van der Waals surface area (Å²) < 4.78 is 38.6. The molecule has 128 valence electrons. The van der Waals surface area contributed by atoms with E-state index in [1.54, 1.807) is 13.1 Å². The molecular weight excluding hydrogens is 303 g/mol. The van der Waals surface area contributed by atoms with Gasteiger partial charge >= 0.3 is 6.18 Å². The summed E-state index contributed by atoms with van der Waals surface area (Å²) in [6, 6.07) is 5.52. The van der Waals surface area contributed by atoms with Crippen LogP contribution in [-0.4, -0.2) is 26.1 Å².